The van der Waals surface area contributed by atoms with E-state index in [4.69, 9.17) is 9.47 Å². The molecule has 0 N–H and O–H groups in total. The molecule has 0 unspecified atom stereocenters. The Bertz CT molecular complexity index is 742. The summed E-state index contributed by atoms with van der Waals surface area (Å²) in [5.74, 6) is -0.588. The molecule has 0 saturated carbocycles. The van der Waals surface area contributed by atoms with Crippen LogP contribution in [0, 0.1) is 0 Å². The summed E-state index contributed by atoms with van der Waals surface area (Å²) >= 11 is 0. The smallest absolute Gasteiger partial charge is 0.305 e. The molecule has 0 heterocycles. The van der Waals surface area contributed by atoms with Crippen molar-refractivity contribution in [2.75, 3.05) is 26.3 Å². The third-order valence-corrected chi connectivity index (χ3v) is 7.53. The molecule has 41 heavy (non-hydrogen) atoms. The Labute approximate surface area is 250 Å². The summed E-state index contributed by atoms with van der Waals surface area (Å²) in [6, 6.07) is 9.04. The highest BCUT2D eigenvalue weighted by atomic mass is 16.5. The zero-order chi connectivity index (χ0) is 29.8. The fourth-order valence-corrected chi connectivity index (χ4v) is 4.92. The van der Waals surface area contributed by atoms with Gasteiger partial charge in [-0.05, 0) is 25.0 Å². The lowest BCUT2D eigenvalue weighted by Crippen LogP contribution is -2.37. The van der Waals surface area contributed by atoms with Crippen molar-refractivity contribution in [3.63, 3.8) is 0 Å². The van der Waals surface area contributed by atoms with Crippen molar-refractivity contribution in [2.24, 2.45) is 0 Å². The van der Waals surface area contributed by atoms with Crippen molar-refractivity contribution in [1.82, 2.24) is 4.90 Å². The molecule has 234 valence electrons. The van der Waals surface area contributed by atoms with Gasteiger partial charge in [0.2, 0.25) is 0 Å². The maximum Gasteiger partial charge on any atom is 0.305 e. The van der Waals surface area contributed by atoms with Gasteiger partial charge in [-0.15, -0.1) is 0 Å². The third kappa shape index (κ3) is 21.1. The monoisotopic (exact) mass is 573 g/mol. The Balaban J connectivity index is 2.27. The first-order chi connectivity index (χ1) is 20.1. The molecular weight excluding hydrogens is 514 g/mol. The fourth-order valence-electron chi connectivity index (χ4n) is 4.92. The SMILES string of the molecule is CCCCCCCCCCCC(=O)OCCN(CCOC(=O)CCCCCCCCCCC)C(=O)c1ccccc1. The predicted octanol–water partition coefficient (Wildman–Crippen LogP) is 9.06. The minimum atomic E-state index is -0.215. The van der Waals surface area contributed by atoms with Gasteiger partial charge in [-0.3, -0.25) is 14.4 Å². The number of carbonyl (C=O) groups is 3. The number of amides is 1. The molecule has 0 fully saturated rings. The molecule has 0 aliphatic heterocycles. The topological polar surface area (TPSA) is 72.9 Å². The highest BCUT2D eigenvalue weighted by Crippen LogP contribution is 2.12. The van der Waals surface area contributed by atoms with Crippen LogP contribution in [0.5, 0.6) is 0 Å². The van der Waals surface area contributed by atoms with Crippen LogP contribution in [-0.4, -0.2) is 49.0 Å². The van der Waals surface area contributed by atoms with Gasteiger partial charge in [0.05, 0.1) is 13.1 Å². The van der Waals surface area contributed by atoms with Crippen molar-refractivity contribution < 1.29 is 23.9 Å². The lowest BCUT2D eigenvalue weighted by atomic mass is 10.1. The summed E-state index contributed by atoms with van der Waals surface area (Å²) in [5.41, 5.74) is 0.564. The van der Waals surface area contributed by atoms with Crippen molar-refractivity contribution >= 4 is 17.8 Å². The Hall–Kier alpha value is -2.37. The normalized spacial score (nSPS) is 10.9. The van der Waals surface area contributed by atoms with Gasteiger partial charge in [0.1, 0.15) is 13.2 Å². The molecule has 0 aliphatic carbocycles. The number of nitrogens with zero attached hydrogens (tertiary/aromatic N) is 1. The lowest BCUT2D eigenvalue weighted by molar-refractivity contribution is -0.144. The molecule has 6 heteroatoms. The molecule has 1 aromatic carbocycles. The van der Waals surface area contributed by atoms with Crippen molar-refractivity contribution in [3.05, 3.63) is 35.9 Å². The third-order valence-electron chi connectivity index (χ3n) is 7.53. The second-order valence-electron chi connectivity index (χ2n) is 11.3. The first-order valence-electron chi connectivity index (χ1n) is 16.7. The molecular formula is C35H59NO5. The minimum Gasteiger partial charge on any atom is -0.464 e. The van der Waals surface area contributed by atoms with Gasteiger partial charge < -0.3 is 14.4 Å². The van der Waals surface area contributed by atoms with Crippen LogP contribution in [0.1, 0.15) is 153 Å². The predicted molar refractivity (Wildman–Crippen MR) is 168 cm³/mol. The standard InChI is InChI=1S/C35H59NO5/c1-3-5-7-9-11-13-15-17-22-26-33(37)40-30-28-36(35(39)32-24-20-19-21-25-32)29-31-41-34(38)27-23-18-16-14-12-10-8-6-4-2/h19-21,24-25H,3-18,22-23,26-31H2,1-2H3. The second kappa shape index (κ2) is 26.5. The van der Waals surface area contributed by atoms with E-state index in [9.17, 15) is 14.4 Å². The zero-order valence-corrected chi connectivity index (χ0v) is 26.3. The number of carbonyl (C=O) groups excluding carboxylic acids is 3. The van der Waals surface area contributed by atoms with Gasteiger partial charge in [0, 0.05) is 18.4 Å². The number of esters is 2. The van der Waals surface area contributed by atoms with Crippen molar-refractivity contribution in [3.8, 4) is 0 Å². The van der Waals surface area contributed by atoms with Crippen LogP contribution in [0.3, 0.4) is 0 Å². The average Bonchev–Trinajstić information content (AvgIpc) is 2.98. The fraction of sp³-hybridized carbons (Fsp3) is 0.743. The Morgan fingerprint density at radius 3 is 1.29 bits per heavy atom. The number of hydrogen-bond acceptors (Lipinski definition) is 5. The number of unbranched alkanes of at least 4 members (excludes halogenated alkanes) is 16. The van der Waals surface area contributed by atoms with Crippen LogP contribution >= 0.6 is 0 Å². The van der Waals surface area contributed by atoms with Gasteiger partial charge >= 0.3 is 11.9 Å². The van der Waals surface area contributed by atoms with Crippen molar-refractivity contribution in [2.45, 2.75) is 142 Å². The van der Waals surface area contributed by atoms with Gasteiger partial charge in [0.15, 0.2) is 0 Å². The number of rotatable bonds is 27. The maximum absolute atomic E-state index is 13.1. The van der Waals surface area contributed by atoms with Crippen LogP contribution in [0.4, 0.5) is 0 Å². The van der Waals surface area contributed by atoms with Crippen LogP contribution in [-0.2, 0) is 19.1 Å². The van der Waals surface area contributed by atoms with Gasteiger partial charge in [0.25, 0.3) is 5.91 Å². The summed E-state index contributed by atoms with van der Waals surface area (Å²) in [4.78, 5) is 39.1. The van der Waals surface area contributed by atoms with E-state index in [1.165, 1.54) is 77.0 Å². The number of ether oxygens (including phenoxy) is 2. The van der Waals surface area contributed by atoms with Gasteiger partial charge in [-0.1, -0.05) is 135 Å². The van der Waals surface area contributed by atoms with Gasteiger partial charge in [-0.25, -0.2) is 0 Å². The largest absolute Gasteiger partial charge is 0.464 e. The summed E-state index contributed by atoms with van der Waals surface area (Å²) in [6.45, 7) is 5.28. The molecule has 0 aliphatic rings. The van der Waals surface area contributed by atoms with Crippen LogP contribution in [0.2, 0.25) is 0 Å². The Morgan fingerprint density at radius 1 is 0.537 bits per heavy atom. The van der Waals surface area contributed by atoms with Crippen LogP contribution in [0.25, 0.3) is 0 Å². The molecule has 1 aromatic rings. The lowest BCUT2D eigenvalue weighted by Gasteiger charge is -2.22. The summed E-state index contributed by atoms with van der Waals surface area (Å²) < 4.78 is 10.9. The van der Waals surface area contributed by atoms with Crippen molar-refractivity contribution in [1.29, 1.82) is 0 Å². The Kier molecular flexibility index (Phi) is 23.7. The first kappa shape index (κ1) is 36.7. The van der Waals surface area contributed by atoms with E-state index in [0.717, 1.165) is 38.5 Å². The average molecular weight is 574 g/mol. The molecule has 0 aromatic heterocycles. The van der Waals surface area contributed by atoms with E-state index in [2.05, 4.69) is 13.8 Å². The highest BCUT2D eigenvalue weighted by Gasteiger charge is 2.17. The second-order valence-corrected chi connectivity index (χ2v) is 11.3. The summed E-state index contributed by atoms with van der Waals surface area (Å²) in [6.07, 6.45) is 22.4. The highest BCUT2D eigenvalue weighted by molar-refractivity contribution is 5.94. The molecule has 0 saturated heterocycles. The molecule has 0 atom stereocenters. The van der Waals surface area contributed by atoms with E-state index in [1.807, 2.05) is 18.2 Å². The van der Waals surface area contributed by atoms with E-state index >= 15 is 0 Å². The molecule has 0 radical (unpaired) electrons. The molecule has 0 bridgehead atoms. The summed E-state index contributed by atoms with van der Waals surface area (Å²) in [7, 11) is 0. The summed E-state index contributed by atoms with van der Waals surface area (Å²) in [5, 5.41) is 0. The van der Waals surface area contributed by atoms with Crippen LogP contribution < -0.4 is 0 Å². The van der Waals surface area contributed by atoms with Crippen LogP contribution in [0.15, 0.2) is 30.3 Å². The Morgan fingerprint density at radius 2 is 0.902 bits per heavy atom. The molecule has 1 amide bonds. The minimum absolute atomic E-state index is 0.140. The number of benzene rings is 1. The molecule has 6 nitrogen and oxygen atoms in total. The van der Waals surface area contributed by atoms with E-state index < -0.39 is 0 Å². The zero-order valence-electron chi connectivity index (χ0n) is 26.3. The molecule has 0 spiro atoms. The molecule has 1 rings (SSSR count). The number of hydrogen-bond donors (Lipinski definition) is 0. The van der Waals surface area contributed by atoms with E-state index in [1.54, 1.807) is 17.0 Å². The maximum atomic E-state index is 13.1. The van der Waals surface area contributed by atoms with Gasteiger partial charge in [-0.2, -0.15) is 0 Å². The van der Waals surface area contributed by atoms with E-state index in [-0.39, 0.29) is 44.1 Å². The first-order valence-corrected chi connectivity index (χ1v) is 16.7. The quantitative estimate of drug-likeness (QED) is 0.0775. The van der Waals surface area contributed by atoms with E-state index in [0.29, 0.717) is 18.4 Å².